The van der Waals surface area contributed by atoms with E-state index in [1.54, 1.807) is 6.92 Å². The van der Waals surface area contributed by atoms with Crippen LogP contribution in [0.4, 0.5) is 0 Å². The molecule has 0 aliphatic heterocycles. The second-order valence-corrected chi connectivity index (χ2v) is 13.1. The number of ketones is 1. The summed E-state index contributed by atoms with van der Waals surface area (Å²) in [6, 6.07) is 0. The number of carbonyl (C=O) groups is 2. The first-order valence-corrected chi connectivity index (χ1v) is 13.8. The molecule has 1 N–H and O–H groups in total. The lowest BCUT2D eigenvalue weighted by molar-refractivity contribution is -0.161. The summed E-state index contributed by atoms with van der Waals surface area (Å²) in [7, 11) is 0. The number of rotatable bonds is 6. The summed E-state index contributed by atoms with van der Waals surface area (Å²) in [5, 5.41) is 11.0. The minimum absolute atomic E-state index is 0.000989. The number of fused-ring (bicyclic) bond motifs is 5. The Morgan fingerprint density at radius 3 is 2.27 bits per heavy atom. The van der Waals surface area contributed by atoms with Gasteiger partial charge < -0.3 is 9.84 Å². The van der Waals surface area contributed by atoms with E-state index in [1.807, 2.05) is 13.8 Å². The van der Waals surface area contributed by atoms with Crippen LogP contribution in [0.2, 0.25) is 0 Å². The van der Waals surface area contributed by atoms with Gasteiger partial charge in [0.05, 0.1) is 6.10 Å². The van der Waals surface area contributed by atoms with Crippen molar-refractivity contribution in [3.8, 4) is 0 Å². The van der Waals surface area contributed by atoms with Crippen LogP contribution in [0.1, 0.15) is 106 Å². The third-order valence-electron chi connectivity index (χ3n) is 11.3. The Labute approximate surface area is 201 Å². The monoisotopic (exact) mass is 460 g/mol. The van der Waals surface area contributed by atoms with Crippen molar-refractivity contribution in [1.82, 2.24) is 0 Å². The molecule has 4 aliphatic rings. The Balaban J connectivity index is 1.46. The van der Waals surface area contributed by atoms with Gasteiger partial charge in [0.25, 0.3) is 0 Å². The SMILES string of the molecule is CC(=O)O[C@@H]1CC[C@@]2(C)[C@@H](CC[C@@H]3[C@@H]2CC[C@]2(C)[C@@H]([C@H](C)C(O)CC(=O)C(C)C)CC[C@@H]32)C1. The lowest BCUT2D eigenvalue weighted by Crippen LogP contribution is -2.54. The number of aliphatic hydroxyl groups excluding tert-OH is 1. The molecule has 33 heavy (non-hydrogen) atoms. The largest absolute Gasteiger partial charge is 0.463 e. The highest BCUT2D eigenvalue weighted by atomic mass is 16.5. The molecule has 4 heteroatoms. The Kier molecular flexibility index (Phi) is 7.09. The first-order chi connectivity index (χ1) is 15.5. The van der Waals surface area contributed by atoms with Crippen molar-refractivity contribution < 1.29 is 19.4 Å². The Morgan fingerprint density at radius 2 is 1.61 bits per heavy atom. The van der Waals surface area contributed by atoms with Gasteiger partial charge in [-0.3, -0.25) is 9.59 Å². The van der Waals surface area contributed by atoms with Crippen LogP contribution in [-0.2, 0) is 14.3 Å². The zero-order chi connectivity index (χ0) is 24.1. The van der Waals surface area contributed by atoms with Crippen molar-refractivity contribution in [3.05, 3.63) is 0 Å². The molecule has 188 valence electrons. The third-order valence-corrected chi connectivity index (χ3v) is 11.3. The molecule has 0 aromatic carbocycles. The molecule has 1 unspecified atom stereocenters. The van der Waals surface area contributed by atoms with E-state index in [0.29, 0.717) is 29.1 Å². The van der Waals surface area contributed by atoms with Crippen molar-refractivity contribution in [2.24, 2.45) is 52.3 Å². The van der Waals surface area contributed by atoms with Gasteiger partial charge in [-0.1, -0.05) is 34.6 Å². The summed E-state index contributed by atoms with van der Waals surface area (Å²) < 4.78 is 5.62. The number of ether oxygens (including phenoxy) is 1. The van der Waals surface area contributed by atoms with Crippen LogP contribution < -0.4 is 0 Å². The van der Waals surface area contributed by atoms with Crippen molar-refractivity contribution in [1.29, 1.82) is 0 Å². The fraction of sp³-hybridized carbons (Fsp3) is 0.931. The molecule has 0 saturated heterocycles. The maximum absolute atomic E-state index is 12.3. The van der Waals surface area contributed by atoms with Gasteiger partial charge in [0.15, 0.2) is 0 Å². The van der Waals surface area contributed by atoms with Crippen LogP contribution in [-0.4, -0.2) is 29.1 Å². The average molecular weight is 461 g/mol. The van der Waals surface area contributed by atoms with Gasteiger partial charge >= 0.3 is 5.97 Å². The van der Waals surface area contributed by atoms with E-state index < -0.39 is 6.10 Å². The summed E-state index contributed by atoms with van der Waals surface area (Å²) in [4.78, 5) is 23.8. The predicted molar refractivity (Wildman–Crippen MR) is 130 cm³/mol. The van der Waals surface area contributed by atoms with Crippen LogP contribution in [0.15, 0.2) is 0 Å². The first-order valence-electron chi connectivity index (χ1n) is 13.8. The first kappa shape index (κ1) is 25.2. The van der Waals surface area contributed by atoms with E-state index in [1.165, 1.54) is 44.9 Å². The topological polar surface area (TPSA) is 63.6 Å². The van der Waals surface area contributed by atoms with Gasteiger partial charge in [-0.15, -0.1) is 0 Å². The van der Waals surface area contributed by atoms with Gasteiger partial charge in [-0.25, -0.2) is 0 Å². The maximum Gasteiger partial charge on any atom is 0.302 e. The van der Waals surface area contributed by atoms with Gasteiger partial charge in [0, 0.05) is 19.3 Å². The van der Waals surface area contributed by atoms with Crippen LogP contribution in [0.25, 0.3) is 0 Å². The van der Waals surface area contributed by atoms with Crippen LogP contribution in [0, 0.1) is 52.3 Å². The molecule has 4 nitrogen and oxygen atoms in total. The second kappa shape index (κ2) is 9.28. The lowest BCUT2D eigenvalue weighted by Gasteiger charge is -2.61. The molecule has 0 radical (unpaired) electrons. The summed E-state index contributed by atoms with van der Waals surface area (Å²) in [5.41, 5.74) is 0.675. The zero-order valence-electron chi connectivity index (χ0n) is 21.9. The second-order valence-electron chi connectivity index (χ2n) is 13.1. The molecule has 0 aromatic rings. The minimum Gasteiger partial charge on any atom is -0.463 e. The Morgan fingerprint density at radius 1 is 0.939 bits per heavy atom. The van der Waals surface area contributed by atoms with Gasteiger partial charge in [-0.05, 0) is 104 Å². The third kappa shape index (κ3) is 4.43. The Hall–Kier alpha value is -0.900. The Bertz CT molecular complexity index is 746. The van der Waals surface area contributed by atoms with Crippen LogP contribution in [0.5, 0.6) is 0 Å². The smallest absolute Gasteiger partial charge is 0.302 e. The normalized spacial score (nSPS) is 44.4. The molecule has 4 saturated carbocycles. The van der Waals surface area contributed by atoms with Gasteiger partial charge in [-0.2, -0.15) is 0 Å². The molecule has 4 rings (SSSR count). The lowest BCUT2D eigenvalue weighted by atomic mass is 9.44. The zero-order valence-corrected chi connectivity index (χ0v) is 21.9. The van der Waals surface area contributed by atoms with Crippen LogP contribution >= 0.6 is 0 Å². The fourth-order valence-electron chi connectivity index (χ4n) is 9.36. The van der Waals surface area contributed by atoms with Crippen molar-refractivity contribution in [3.63, 3.8) is 0 Å². The van der Waals surface area contributed by atoms with Gasteiger partial charge in [0.2, 0.25) is 0 Å². The summed E-state index contributed by atoms with van der Waals surface area (Å²) >= 11 is 0. The maximum atomic E-state index is 12.3. The van der Waals surface area contributed by atoms with Crippen molar-refractivity contribution in [2.75, 3.05) is 0 Å². The highest BCUT2D eigenvalue weighted by Gasteiger charge is 2.61. The van der Waals surface area contributed by atoms with E-state index in [-0.39, 0.29) is 29.7 Å². The number of esters is 1. The van der Waals surface area contributed by atoms with Crippen LogP contribution in [0.3, 0.4) is 0 Å². The molecule has 0 amide bonds. The molecule has 0 heterocycles. The standard InChI is InChI=1S/C29H48O4/c1-17(2)26(31)16-27(32)18(3)23-9-10-24-22-8-7-20-15-21(33-19(4)30)11-13-28(20,5)25(22)12-14-29(23,24)6/h17-18,20-25,27,32H,7-16H2,1-6H3/t18-,20-,21+,22-,23+,24-,25-,27?,28-,29+/m0/s1. The molecule has 0 spiro atoms. The quantitative estimate of drug-likeness (QED) is 0.480. The molecule has 10 atom stereocenters. The summed E-state index contributed by atoms with van der Waals surface area (Å²) in [5.74, 6) is 3.77. The molecule has 4 fully saturated rings. The predicted octanol–water partition coefficient (Wildman–Crippen LogP) is 6.19. The van der Waals surface area contributed by atoms with Crippen molar-refractivity contribution in [2.45, 2.75) is 118 Å². The number of hydrogen-bond acceptors (Lipinski definition) is 4. The van der Waals surface area contributed by atoms with E-state index in [2.05, 4.69) is 20.8 Å². The molecule has 0 aromatic heterocycles. The fourth-order valence-corrected chi connectivity index (χ4v) is 9.36. The van der Waals surface area contributed by atoms with E-state index >= 15 is 0 Å². The molecule has 0 bridgehead atoms. The molecular formula is C29H48O4. The molecular weight excluding hydrogens is 412 g/mol. The highest BCUT2D eigenvalue weighted by Crippen LogP contribution is 2.68. The van der Waals surface area contributed by atoms with E-state index in [0.717, 1.165) is 30.6 Å². The summed E-state index contributed by atoms with van der Waals surface area (Å²) in [6.45, 7) is 12.7. The van der Waals surface area contributed by atoms with E-state index in [4.69, 9.17) is 4.74 Å². The van der Waals surface area contributed by atoms with Crippen molar-refractivity contribution >= 4 is 11.8 Å². The van der Waals surface area contributed by atoms with Gasteiger partial charge in [0.1, 0.15) is 11.9 Å². The number of Topliss-reactive ketones (excluding diaryl/α,β-unsaturated/α-hetero) is 1. The average Bonchev–Trinajstić information content (AvgIpc) is 3.10. The number of carbonyl (C=O) groups excluding carboxylic acids is 2. The number of hydrogen-bond donors (Lipinski definition) is 1. The minimum atomic E-state index is -0.511. The molecule has 4 aliphatic carbocycles. The summed E-state index contributed by atoms with van der Waals surface area (Å²) in [6.07, 6.45) is 10.8. The van der Waals surface area contributed by atoms with E-state index in [9.17, 15) is 14.7 Å². The highest BCUT2D eigenvalue weighted by molar-refractivity contribution is 5.80. The number of aliphatic hydroxyl groups is 1.